The minimum atomic E-state index is -0.147. The molecule has 108 valence electrons. The second-order valence-electron chi connectivity index (χ2n) is 5.78. The molecule has 2 amide bonds. The van der Waals surface area contributed by atoms with Gasteiger partial charge in [0.2, 0.25) is 11.8 Å². The Morgan fingerprint density at radius 1 is 1.32 bits per heavy atom. The maximum absolute atomic E-state index is 11.8. The molecule has 0 aromatic carbocycles. The van der Waals surface area contributed by atoms with Crippen LogP contribution in [-0.2, 0) is 14.4 Å². The van der Waals surface area contributed by atoms with Gasteiger partial charge in [0.15, 0.2) is 0 Å². The average Bonchev–Trinajstić information content (AvgIpc) is 2.68. The van der Waals surface area contributed by atoms with Crippen LogP contribution in [0.1, 0.15) is 54.7 Å². The summed E-state index contributed by atoms with van der Waals surface area (Å²) in [6, 6.07) is 0. The first-order chi connectivity index (χ1) is 9.49. The number of amides is 2. The highest BCUT2D eigenvalue weighted by molar-refractivity contribution is 6.03. The summed E-state index contributed by atoms with van der Waals surface area (Å²) in [5.41, 5.74) is 0. The first-order valence-electron chi connectivity index (χ1n) is 7.83. The van der Waals surface area contributed by atoms with Crippen molar-refractivity contribution in [3.8, 4) is 0 Å². The van der Waals surface area contributed by atoms with Crippen molar-refractivity contribution in [2.24, 2.45) is 17.8 Å². The van der Waals surface area contributed by atoms with E-state index in [-0.39, 0.29) is 29.4 Å². The van der Waals surface area contributed by atoms with Crippen molar-refractivity contribution >= 4 is 17.6 Å². The molecular weight excluding hydrogens is 242 g/mol. The molecule has 0 aromatic rings. The van der Waals surface area contributed by atoms with Crippen LogP contribution in [0.4, 0.5) is 0 Å². The normalized spacial score (nSPS) is 31.6. The van der Waals surface area contributed by atoms with Gasteiger partial charge in [0.1, 0.15) is 5.78 Å². The van der Waals surface area contributed by atoms with Crippen LogP contribution in [0.2, 0.25) is 0 Å². The van der Waals surface area contributed by atoms with Crippen LogP contribution in [0, 0.1) is 17.8 Å². The van der Waals surface area contributed by atoms with Crippen LogP contribution in [-0.4, -0.2) is 29.0 Å². The van der Waals surface area contributed by atoms with Crippen LogP contribution < -0.4 is 0 Å². The number of likely N-dealkylation sites (tertiary alicyclic amines) is 1. The molecule has 0 N–H and O–H groups in total. The maximum Gasteiger partial charge on any atom is 0.232 e. The highest BCUT2D eigenvalue weighted by atomic mass is 16.2. The molecule has 0 radical (unpaired) electrons. The van der Waals surface area contributed by atoms with E-state index in [2.05, 4.69) is 0 Å². The second kappa shape index (κ2) is 6.31. The minimum Gasteiger partial charge on any atom is -0.300 e. The lowest BCUT2D eigenvalue weighted by Crippen LogP contribution is -2.36. The predicted molar refractivity (Wildman–Crippen MR) is 73.4 cm³/mol. The van der Waals surface area contributed by atoms with E-state index >= 15 is 0 Å². The van der Waals surface area contributed by atoms with Crippen molar-refractivity contribution in [3.05, 3.63) is 0 Å². The van der Waals surface area contributed by atoms with Crippen LogP contribution in [0.15, 0.2) is 0 Å². The summed E-state index contributed by atoms with van der Waals surface area (Å²) < 4.78 is 5.75. The topological polar surface area (TPSA) is 54.5 Å². The highest BCUT2D eigenvalue weighted by Gasteiger charge is 2.37. The zero-order valence-electron chi connectivity index (χ0n) is 13.1. The molecule has 2 fully saturated rings. The number of ketones is 1. The number of hydrogen-bond donors (Lipinski definition) is 0. The highest BCUT2D eigenvalue weighted by Crippen LogP contribution is 2.31. The van der Waals surface area contributed by atoms with E-state index in [0.717, 1.165) is 25.7 Å². The van der Waals surface area contributed by atoms with E-state index in [0.29, 0.717) is 18.9 Å². The Hall–Kier alpha value is -1.19. The lowest BCUT2D eigenvalue weighted by Gasteiger charge is -2.29. The van der Waals surface area contributed by atoms with Crippen molar-refractivity contribution in [2.75, 3.05) is 6.54 Å². The van der Waals surface area contributed by atoms with Gasteiger partial charge >= 0.3 is 0 Å². The van der Waals surface area contributed by atoms with Crippen molar-refractivity contribution in [1.82, 2.24) is 4.90 Å². The van der Waals surface area contributed by atoms with Crippen LogP contribution in [0.5, 0.6) is 0 Å². The van der Waals surface area contributed by atoms with Gasteiger partial charge in [-0.05, 0) is 38.5 Å². The van der Waals surface area contributed by atoms with Crippen LogP contribution in [0.3, 0.4) is 0 Å². The molecule has 1 saturated carbocycles. The molecule has 1 aliphatic heterocycles. The largest absolute Gasteiger partial charge is 0.300 e. The van der Waals surface area contributed by atoms with E-state index in [1.54, 1.807) is 6.92 Å². The quantitative estimate of drug-likeness (QED) is 0.739. The molecular formula is C15H25NO3. The first kappa shape index (κ1) is 14.2. The van der Waals surface area contributed by atoms with E-state index in [1.165, 1.54) is 12.3 Å². The van der Waals surface area contributed by atoms with Gasteiger partial charge < -0.3 is 0 Å². The fourth-order valence-corrected chi connectivity index (χ4v) is 3.05. The SMILES string of the molecule is CC(=O)C1CCC(CN2C(=O)C[C@H](C)C2=O)CC1.[2H]C. The lowest BCUT2D eigenvalue weighted by atomic mass is 9.80. The van der Waals surface area contributed by atoms with Gasteiger partial charge in [0.25, 0.3) is 0 Å². The first-order valence-corrected chi connectivity index (χ1v) is 6.83. The molecule has 1 saturated heterocycles. The van der Waals surface area contributed by atoms with Gasteiger partial charge in [-0.25, -0.2) is 0 Å². The summed E-state index contributed by atoms with van der Waals surface area (Å²) in [5.74, 6) is 0.667. The number of nitrogens with zero attached hydrogens (tertiary/aromatic N) is 1. The molecule has 0 spiro atoms. The Bertz CT molecular complexity index is 375. The third-order valence-electron chi connectivity index (χ3n) is 4.33. The fourth-order valence-electron chi connectivity index (χ4n) is 3.05. The van der Waals surface area contributed by atoms with Gasteiger partial charge in [-0.3, -0.25) is 19.3 Å². The van der Waals surface area contributed by atoms with Crippen LogP contribution >= 0.6 is 0 Å². The average molecular weight is 268 g/mol. The number of imide groups is 1. The molecule has 1 aliphatic carbocycles. The van der Waals surface area contributed by atoms with E-state index in [4.69, 9.17) is 1.37 Å². The Kier molecular flexibility index (Phi) is 4.72. The molecule has 1 atom stereocenters. The van der Waals surface area contributed by atoms with Gasteiger partial charge in [-0.1, -0.05) is 14.3 Å². The molecule has 0 unspecified atom stereocenters. The van der Waals surface area contributed by atoms with Gasteiger partial charge in [0.05, 0.1) is 0 Å². The van der Waals surface area contributed by atoms with E-state index in [9.17, 15) is 14.4 Å². The summed E-state index contributed by atoms with van der Waals surface area (Å²) in [6.45, 7) is 4.03. The molecule has 2 aliphatic rings. The lowest BCUT2D eigenvalue weighted by molar-refractivity contribution is -0.140. The second-order valence-corrected chi connectivity index (χ2v) is 5.78. The summed E-state index contributed by atoms with van der Waals surface area (Å²) in [7, 11) is 1.25. The minimum absolute atomic E-state index is 0.0197. The summed E-state index contributed by atoms with van der Waals surface area (Å²) >= 11 is 0. The number of hydrogen-bond acceptors (Lipinski definition) is 3. The molecule has 4 nitrogen and oxygen atoms in total. The van der Waals surface area contributed by atoms with E-state index < -0.39 is 0 Å². The number of rotatable bonds is 3. The van der Waals surface area contributed by atoms with Crippen molar-refractivity contribution in [3.63, 3.8) is 0 Å². The number of carbonyl (C=O) groups excluding carboxylic acids is 3. The van der Waals surface area contributed by atoms with Gasteiger partial charge in [-0.2, -0.15) is 0 Å². The summed E-state index contributed by atoms with van der Waals surface area (Å²) in [4.78, 5) is 36.2. The fraction of sp³-hybridized carbons (Fsp3) is 0.800. The Morgan fingerprint density at radius 3 is 2.32 bits per heavy atom. The molecule has 0 bridgehead atoms. The standard InChI is InChI=1S/C14H21NO3.CH4/c1-9-7-13(17)15(14(9)18)8-11-3-5-12(6-4-11)10(2)16;/h9,11-12H,3-8H2,1-2H3;1H4/t9-,11?,12?;/m0./s1/i;1D. The predicted octanol–water partition coefficient (Wildman–Crippen LogP) is 2.41. The summed E-state index contributed by atoms with van der Waals surface area (Å²) in [6.07, 6.45) is 4.09. The van der Waals surface area contributed by atoms with Gasteiger partial charge in [0, 0.05) is 26.2 Å². The van der Waals surface area contributed by atoms with Gasteiger partial charge in [-0.15, -0.1) is 0 Å². The number of carbonyl (C=O) groups is 3. The third kappa shape index (κ3) is 3.43. The Balaban J connectivity index is 0.000000956. The molecule has 2 rings (SSSR count). The molecule has 0 aromatic heterocycles. The zero-order chi connectivity index (χ0) is 15.3. The van der Waals surface area contributed by atoms with Crippen molar-refractivity contribution < 1.29 is 15.8 Å². The Labute approximate surface area is 116 Å². The monoisotopic (exact) mass is 268 g/mol. The number of Topliss-reactive ketones (excluding diaryl/α,β-unsaturated/α-hetero) is 1. The molecule has 1 heterocycles. The van der Waals surface area contributed by atoms with Crippen LogP contribution in [0.25, 0.3) is 0 Å². The third-order valence-corrected chi connectivity index (χ3v) is 4.33. The smallest absolute Gasteiger partial charge is 0.232 e. The molecule has 19 heavy (non-hydrogen) atoms. The van der Waals surface area contributed by atoms with E-state index in [1.807, 2.05) is 6.92 Å². The summed E-state index contributed by atoms with van der Waals surface area (Å²) in [5, 5.41) is 0. The Morgan fingerprint density at radius 2 is 1.89 bits per heavy atom. The zero-order valence-corrected chi connectivity index (χ0v) is 12.1. The van der Waals surface area contributed by atoms with Crippen molar-refractivity contribution in [2.45, 2.75) is 53.4 Å². The molecule has 4 heteroatoms. The maximum atomic E-state index is 11.8. The van der Waals surface area contributed by atoms with Crippen molar-refractivity contribution in [1.29, 1.82) is 0 Å².